The van der Waals surface area contributed by atoms with Crippen LogP contribution in [0.15, 0.2) is 0 Å². The molecule has 1 aliphatic heterocycles. The molecule has 3 atom stereocenters. The Kier molecular flexibility index (Phi) is 6.06. The minimum absolute atomic E-state index is 0.129. The zero-order valence-corrected chi connectivity index (χ0v) is 11.5. The van der Waals surface area contributed by atoms with Crippen molar-refractivity contribution in [2.75, 3.05) is 13.2 Å². The van der Waals surface area contributed by atoms with E-state index >= 15 is 0 Å². The summed E-state index contributed by atoms with van der Waals surface area (Å²) in [5.41, 5.74) is 0. The van der Waals surface area contributed by atoms with Gasteiger partial charge in [-0.2, -0.15) is 5.26 Å². The molecule has 6 nitrogen and oxygen atoms in total. The van der Waals surface area contributed by atoms with Crippen molar-refractivity contribution in [1.82, 2.24) is 10.2 Å². The van der Waals surface area contributed by atoms with Crippen molar-refractivity contribution in [2.45, 2.75) is 51.3 Å². The highest BCUT2D eigenvalue weighted by atomic mass is 16.3. The third-order valence-electron chi connectivity index (χ3n) is 3.60. The van der Waals surface area contributed by atoms with Crippen LogP contribution in [0.5, 0.6) is 0 Å². The average Bonchev–Trinajstić information content (AvgIpc) is 2.82. The van der Waals surface area contributed by atoms with Gasteiger partial charge in [-0.1, -0.05) is 13.8 Å². The molecule has 1 amide bonds. The molecule has 3 N–H and O–H groups in total. The summed E-state index contributed by atoms with van der Waals surface area (Å²) in [6, 6.07) is -0.271. The van der Waals surface area contributed by atoms with Crippen LogP contribution in [0.4, 0.5) is 0 Å². The summed E-state index contributed by atoms with van der Waals surface area (Å²) in [6.45, 7) is 4.10. The van der Waals surface area contributed by atoms with E-state index in [0.717, 1.165) is 6.42 Å². The van der Waals surface area contributed by atoms with Crippen molar-refractivity contribution in [3.8, 4) is 6.19 Å². The van der Waals surface area contributed by atoms with Gasteiger partial charge in [-0.15, -0.1) is 0 Å². The monoisotopic (exact) mass is 269 g/mol. The van der Waals surface area contributed by atoms with E-state index in [1.54, 1.807) is 4.90 Å². The molecule has 0 saturated carbocycles. The number of rotatable bonds is 6. The molecule has 108 valence electrons. The molecular weight excluding hydrogens is 246 g/mol. The number of likely N-dealkylation sites (tertiary alicyclic amines) is 1. The molecule has 0 aromatic heterocycles. The van der Waals surface area contributed by atoms with Gasteiger partial charge < -0.3 is 15.5 Å². The second-order valence-corrected chi connectivity index (χ2v) is 5.33. The normalized spacial score (nSPS) is 24.3. The number of aliphatic hydroxyl groups excluding tert-OH is 2. The zero-order valence-electron chi connectivity index (χ0n) is 11.5. The summed E-state index contributed by atoms with van der Waals surface area (Å²) in [4.78, 5) is 13.6. The number of hydrogen-bond acceptors (Lipinski definition) is 5. The van der Waals surface area contributed by atoms with Crippen LogP contribution in [0, 0.1) is 17.4 Å². The summed E-state index contributed by atoms with van der Waals surface area (Å²) >= 11 is 0. The Labute approximate surface area is 114 Å². The van der Waals surface area contributed by atoms with Gasteiger partial charge in [-0.3, -0.25) is 9.69 Å². The van der Waals surface area contributed by atoms with Gasteiger partial charge >= 0.3 is 0 Å². The lowest BCUT2D eigenvalue weighted by atomic mass is 10.0. The predicted octanol–water partition coefficient (Wildman–Crippen LogP) is -0.184. The van der Waals surface area contributed by atoms with E-state index in [2.05, 4.69) is 11.5 Å². The van der Waals surface area contributed by atoms with Crippen LogP contribution in [0.3, 0.4) is 0 Å². The largest absolute Gasteiger partial charge is 0.394 e. The quantitative estimate of drug-likeness (QED) is 0.581. The lowest BCUT2D eigenvalue weighted by molar-refractivity contribution is -0.125. The first-order valence-corrected chi connectivity index (χ1v) is 6.76. The maximum Gasteiger partial charge on any atom is 0.243 e. The standard InChI is InChI=1S/C13H23N3O3/c1-9(2)11-3-4-12(16(11)8-14)13(19)15-6-5-10(18)7-17/h9-12,17-18H,3-7H2,1-2H3,(H,15,19)/t10-,11?,12?/m0/s1. The van der Waals surface area contributed by atoms with Crippen LogP contribution < -0.4 is 5.32 Å². The van der Waals surface area contributed by atoms with Crippen LogP contribution in [-0.2, 0) is 4.79 Å². The number of aliphatic hydroxyl groups is 2. The van der Waals surface area contributed by atoms with Crippen LogP contribution >= 0.6 is 0 Å². The van der Waals surface area contributed by atoms with Crippen molar-refractivity contribution in [1.29, 1.82) is 5.26 Å². The summed E-state index contributed by atoms with van der Waals surface area (Å²) in [6.07, 6.45) is 3.16. The predicted molar refractivity (Wildman–Crippen MR) is 69.8 cm³/mol. The molecule has 6 heteroatoms. The van der Waals surface area contributed by atoms with Crippen LogP contribution in [0.2, 0.25) is 0 Å². The van der Waals surface area contributed by atoms with E-state index in [1.807, 2.05) is 13.8 Å². The maximum absolute atomic E-state index is 12.0. The van der Waals surface area contributed by atoms with Gasteiger partial charge in [0, 0.05) is 12.6 Å². The highest BCUT2D eigenvalue weighted by molar-refractivity contribution is 5.82. The fourth-order valence-electron chi connectivity index (χ4n) is 2.46. The van der Waals surface area contributed by atoms with Crippen molar-refractivity contribution in [2.24, 2.45) is 5.92 Å². The molecule has 0 aromatic carbocycles. The van der Waals surface area contributed by atoms with Gasteiger partial charge in [0.15, 0.2) is 6.19 Å². The third-order valence-corrected chi connectivity index (χ3v) is 3.60. The molecule has 19 heavy (non-hydrogen) atoms. The Balaban J connectivity index is 2.47. The minimum Gasteiger partial charge on any atom is -0.394 e. The second kappa shape index (κ2) is 7.31. The highest BCUT2D eigenvalue weighted by Gasteiger charge is 2.38. The third kappa shape index (κ3) is 4.08. The molecule has 1 rings (SSSR count). The van der Waals surface area contributed by atoms with Crippen molar-refractivity contribution in [3.63, 3.8) is 0 Å². The van der Waals surface area contributed by atoms with E-state index in [1.165, 1.54) is 0 Å². The Hall–Kier alpha value is -1.32. The smallest absolute Gasteiger partial charge is 0.243 e. The molecule has 1 heterocycles. The van der Waals surface area contributed by atoms with Gasteiger partial charge in [-0.25, -0.2) is 0 Å². The van der Waals surface area contributed by atoms with Gasteiger partial charge in [0.05, 0.1) is 12.7 Å². The van der Waals surface area contributed by atoms with Crippen molar-refractivity contribution in [3.05, 3.63) is 0 Å². The Morgan fingerprint density at radius 1 is 1.53 bits per heavy atom. The number of carbonyl (C=O) groups is 1. The molecule has 0 aromatic rings. The van der Waals surface area contributed by atoms with Gasteiger partial charge in [0.2, 0.25) is 5.91 Å². The Bertz CT molecular complexity index is 341. The number of nitrogens with zero attached hydrogens (tertiary/aromatic N) is 2. The summed E-state index contributed by atoms with van der Waals surface area (Å²) in [7, 11) is 0. The first-order valence-electron chi connectivity index (χ1n) is 6.76. The fourth-order valence-corrected chi connectivity index (χ4v) is 2.46. The van der Waals surface area contributed by atoms with Crippen LogP contribution in [0.1, 0.15) is 33.1 Å². The van der Waals surface area contributed by atoms with Gasteiger partial charge in [0.1, 0.15) is 6.04 Å². The summed E-state index contributed by atoms with van der Waals surface area (Å²) in [5, 5.41) is 29.7. The summed E-state index contributed by atoms with van der Waals surface area (Å²) in [5.74, 6) is 0.170. The fraction of sp³-hybridized carbons (Fsp3) is 0.846. The molecular formula is C13H23N3O3. The van der Waals surface area contributed by atoms with Crippen LogP contribution in [0.25, 0.3) is 0 Å². The second-order valence-electron chi connectivity index (χ2n) is 5.33. The van der Waals surface area contributed by atoms with Gasteiger partial charge in [0.25, 0.3) is 0 Å². The molecule has 1 saturated heterocycles. The lowest BCUT2D eigenvalue weighted by Gasteiger charge is -2.26. The van der Waals surface area contributed by atoms with E-state index in [0.29, 0.717) is 25.3 Å². The average molecular weight is 269 g/mol. The first kappa shape index (κ1) is 15.7. The molecule has 0 radical (unpaired) electrons. The van der Waals surface area contributed by atoms with E-state index in [4.69, 9.17) is 5.11 Å². The SMILES string of the molecule is CC(C)C1CCC(C(=O)NCC[C@H](O)CO)N1C#N. The van der Waals surface area contributed by atoms with Crippen LogP contribution in [-0.4, -0.2) is 52.4 Å². The molecule has 1 fully saturated rings. The van der Waals surface area contributed by atoms with E-state index in [-0.39, 0.29) is 18.6 Å². The number of nitrogens with one attached hydrogen (secondary N) is 1. The molecule has 1 aliphatic rings. The van der Waals surface area contributed by atoms with Crippen molar-refractivity contribution < 1.29 is 15.0 Å². The number of hydrogen-bond donors (Lipinski definition) is 3. The van der Waals surface area contributed by atoms with E-state index < -0.39 is 12.1 Å². The van der Waals surface area contributed by atoms with E-state index in [9.17, 15) is 15.2 Å². The first-order chi connectivity index (χ1) is 9.01. The molecule has 2 unspecified atom stereocenters. The van der Waals surface area contributed by atoms with Gasteiger partial charge in [-0.05, 0) is 25.2 Å². The Morgan fingerprint density at radius 3 is 2.74 bits per heavy atom. The molecule has 0 bridgehead atoms. The number of amides is 1. The minimum atomic E-state index is -0.806. The zero-order chi connectivity index (χ0) is 14.4. The lowest BCUT2D eigenvalue weighted by Crippen LogP contribution is -2.45. The highest BCUT2D eigenvalue weighted by Crippen LogP contribution is 2.28. The number of carbonyl (C=O) groups excluding carboxylic acids is 1. The topological polar surface area (TPSA) is 96.6 Å². The number of nitriles is 1. The summed E-state index contributed by atoms with van der Waals surface area (Å²) < 4.78 is 0. The Morgan fingerprint density at radius 2 is 2.21 bits per heavy atom. The van der Waals surface area contributed by atoms with Crippen molar-refractivity contribution >= 4 is 5.91 Å². The molecule has 0 aliphatic carbocycles. The molecule has 0 spiro atoms. The maximum atomic E-state index is 12.0.